The summed E-state index contributed by atoms with van der Waals surface area (Å²) in [6.07, 6.45) is 5.09. The Bertz CT molecular complexity index is 908. The highest BCUT2D eigenvalue weighted by atomic mass is 32.2. The summed E-state index contributed by atoms with van der Waals surface area (Å²) in [5.41, 5.74) is 1.31. The molecule has 0 spiro atoms. The second-order valence-electron chi connectivity index (χ2n) is 6.11. The number of nitrogens with one attached hydrogen (secondary N) is 1. The van der Waals surface area contributed by atoms with Crippen LogP contribution < -0.4 is 5.32 Å². The van der Waals surface area contributed by atoms with Gasteiger partial charge in [0.1, 0.15) is 10.1 Å². The van der Waals surface area contributed by atoms with Gasteiger partial charge in [-0.05, 0) is 26.8 Å². The van der Waals surface area contributed by atoms with Gasteiger partial charge in [-0.2, -0.15) is 0 Å². The van der Waals surface area contributed by atoms with Gasteiger partial charge in [-0.3, -0.25) is 9.78 Å². The monoisotopic (exact) mass is 342 g/mol. The number of carbonyl (C=O) groups is 1. The van der Waals surface area contributed by atoms with Crippen LogP contribution in [0, 0.1) is 17.3 Å². The minimum Gasteiger partial charge on any atom is -0.455 e. The molecule has 2 aromatic rings. The summed E-state index contributed by atoms with van der Waals surface area (Å²) in [5.74, 6) is 6.67. The van der Waals surface area contributed by atoms with Crippen molar-refractivity contribution < 1.29 is 9.21 Å². The fourth-order valence-electron chi connectivity index (χ4n) is 1.95. The summed E-state index contributed by atoms with van der Waals surface area (Å²) in [6.45, 7) is 6.14. The molecule has 0 unspecified atom stereocenters. The molecular formula is C17H14N2O2S2. The standard InChI is InChI=1S/C17H14N2O2S2/c1-17(2,3)5-4-10-8-18-9-11-6-12(21-14(10)11)7-13-15(20)19-16(22)23-13/h6-9H,1-3H3,(H,19,20,22). The first-order valence-electron chi connectivity index (χ1n) is 6.97. The second kappa shape index (κ2) is 5.84. The molecule has 0 bridgehead atoms. The summed E-state index contributed by atoms with van der Waals surface area (Å²) >= 11 is 6.20. The molecule has 23 heavy (non-hydrogen) atoms. The van der Waals surface area contributed by atoms with Crippen LogP contribution in [0.5, 0.6) is 0 Å². The van der Waals surface area contributed by atoms with Crippen molar-refractivity contribution in [3.63, 3.8) is 0 Å². The molecule has 0 aliphatic carbocycles. The number of furan rings is 1. The summed E-state index contributed by atoms with van der Waals surface area (Å²) in [6, 6.07) is 1.84. The Morgan fingerprint density at radius 1 is 1.39 bits per heavy atom. The van der Waals surface area contributed by atoms with Gasteiger partial charge in [-0.1, -0.05) is 35.8 Å². The number of amides is 1. The number of fused-ring (bicyclic) bond motifs is 1. The molecule has 1 aliphatic rings. The number of nitrogens with zero attached hydrogens (tertiary/aromatic N) is 1. The molecule has 0 atom stereocenters. The molecule has 1 aliphatic heterocycles. The molecule has 2 aromatic heterocycles. The van der Waals surface area contributed by atoms with E-state index in [1.54, 1.807) is 18.5 Å². The van der Waals surface area contributed by atoms with E-state index in [-0.39, 0.29) is 11.3 Å². The Balaban J connectivity index is 2.02. The van der Waals surface area contributed by atoms with E-state index in [0.29, 0.717) is 20.6 Å². The number of thioether (sulfide) groups is 1. The van der Waals surface area contributed by atoms with Crippen LogP contribution in [0.15, 0.2) is 27.8 Å². The van der Waals surface area contributed by atoms with Gasteiger partial charge in [0.2, 0.25) is 0 Å². The van der Waals surface area contributed by atoms with Crippen LogP contribution in [0.1, 0.15) is 32.1 Å². The molecule has 4 nitrogen and oxygen atoms in total. The van der Waals surface area contributed by atoms with Crippen molar-refractivity contribution in [1.82, 2.24) is 10.3 Å². The van der Waals surface area contributed by atoms with Gasteiger partial charge >= 0.3 is 0 Å². The van der Waals surface area contributed by atoms with Crippen molar-refractivity contribution in [1.29, 1.82) is 0 Å². The Kier molecular flexibility index (Phi) is 4.00. The maximum atomic E-state index is 11.7. The Morgan fingerprint density at radius 2 is 2.17 bits per heavy atom. The van der Waals surface area contributed by atoms with Crippen molar-refractivity contribution in [2.24, 2.45) is 5.41 Å². The Hall–Kier alpha value is -2.10. The molecule has 0 saturated carbocycles. The van der Waals surface area contributed by atoms with Crippen LogP contribution in [0.2, 0.25) is 0 Å². The van der Waals surface area contributed by atoms with Gasteiger partial charge in [0.25, 0.3) is 5.91 Å². The number of aromatic nitrogens is 1. The lowest BCUT2D eigenvalue weighted by molar-refractivity contribution is -0.115. The zero-order valence-corrected chi connectivity index (χ0v) is 14.5. The largest absolute Gasteiger partial charge is 0.455 e. The molecule has 3 rings (SSSR count). The van der Waals surface area contributed by atoms with Gasteiger partial charge in [0.15, 0.2) is 5.58 Å². The van der Waals surface area contributed by atoms with Crippen LogP contribution in [0.3, 0.4) is 0 Å². The number of pyridine rings is 1. The van der Waals surface area contributed by atoms with Crippen molar-refractivity contribution in [3.05, 3.63) is 34.7 Å². The maximum absolute atomic E-state index is 11.7. The lowest BCUT2D eigenvalue weighted by atomic mass is 9.97. The van der Waals surface area contributed by atoms with Crippen LogP contribution >= 0.6 is 24.0 Å². The predicted octanol–water partition coefficient (Wildman–Crippen LogP) is 3.71. The fourth-order valence-corrected chi connectivity index (χ4v) is 2.97. The van der Waals surface area contributed by atoms with Gasteiger partial charge < -0.3 is 9.73 Å². The highest BCUT2D eigenvalue weighted by Gasteiger charge is 2.22. The zero-order chi connectivity index (χ0) is 16.6. The maximum Gasteiger partial charge on any atom is 0.263 e. The fraction of sp³-hybridized carbons (Fsp3) is 0.235. The van der Waals surface area contributed by atoms with Crippen molar-refractivity contribution in [2.75, 3.05) is 0 Å². The smallest absolute Gasteiger partial charge is 0.263 e. The van der Waals surface area contributed by atoms with Gasteiger partial charge in [0, 0.05) is 29.3 Å². The summed E-state index contributed by atoms with van der Waals surface area (Å²) in [4.78, 5) is 16.4. The first-order valence-corrected chi connectivity index (χ1v) is 8.20. The lowest BCUT2D eigenvalue weighted by Crippen LogP contribution is -2.17. The third-order valence-electron chi connectivity index (χ3n) is 2.93. The lowest BCUT2D eigenvalue weighted by Gasteiger charge is -2.06. The highest BCUT2D eigenvalue weighted by Crippen LogP contribution is 2.29. The van der Waals surface area contributed by atoms with E-state index in [0.717, 1.165) is 10.9 Å². The summed E-state index contributed by atoms with van der Waals surface area (Å²) in [5, 5.41) is 3.43. The number of hydrogen-bond acceptors (Lipinski definition) is 5. The van der Waals surface area contributed by atoms with E-state index in [2.05, 4.69) is 22.1 Å². The van der Waals surface area contributed by atoms with E-state index in [1.807, 2.05) is 26.8 Å². The van der Waals surface area contributed by atoms with Crippen LogP contribution in [-0.2, 0) is 4.79 Å². The molecule has 3 heterocycles. The molecular weight excluding hydrogens is 328 g/mol. The topological polar surface area (TPSA) is 55.1 Å². The molecule has 116 valence electrons. The first-order chi connectivity index (χ1) is 10.8. The Morgan fingerprint density at radius 3 is 2.83 bits per heavy atom. The summed E-state index contributed by atoms with van der Waals surface area (Å²) < 4.78 is 6.31. The molecule has 1 saturated heterocycles. The minimum absolute atomic E-state index is 0.103. The number of rotatable bonds is 1. The Labute approximate surface area is 143 Å². The van der Waals surface area contributed by atoms with Crippen LogP contribution in [-0.4, -0.2) is 15.2 Å². The number of carbonyl (C=O) groups excluding carboxylic acids is 1. The van der Waals surface area contributed by atoms with Gasteiger partial charge in [0.05, 0.1) is 10.5 Å². The second-order valence-corrected chi connectivity index (χ2v) is 7.83. The van der Waals surface area contributed by atoms with E-state index in [1.165, 1.54) is 11.8 Å². The van der Waals surface area contributed by atoms with Crippen LogP contribution in [0.25, 0.3) is 17.0 Å². The van der Waals surface area contributed by atoms with Crippen LogP contribution in [0.4, 0.5) is 0 Å². The molecule has 1 fully saturated rings. The third-order valence-corrected chi connectivity index (χ3v) is 4.09. The number of hydrogen-bond donors (Lipinski definition) is 1. The number of thiocarbonyl (C=S) groups is 1. The molecule has 1 amide bonds. The normalized spacial score (nSPS) is 16.6. The quantitative estimate of drug-likeness (QED) is 0.486. The summed E-state index contributed by atoms with van der Waals surface area (Å²) in [7, 11) is 0. The molecule has 0 aromatic carbocycles. The predicted molar refractivity (Wildman–Crippen MR) is 96.7 cm³/mol. The average Bonchev–Trinajstić information content (AvgIpc) is 2.99. The van der Waals surface area contributed by atoms with E-state index in [4.69, 9.17) is 16.6 Å². The van der Waals surface area contributed by atoms with E-state index >= 15 is 0 Å². The van der Waals surface area contributed by atoms with Gasteiger partial charge in [-0.25, -0.2) is 0 Å². The minimum atomic E-state index is -0.202. The van der Waals surface area contributed by atoms with E-state index < -0.39 is 0 Å². The molecule has 6 heteroatoms. The zero-order valence-electron chi connectivity index (χ0n) is 12.9. The molecule has 1 N–H and O–H groups in total. The average molecular weight is 342 g/mol. The van der Waals surface area contributed by atoms with E-state index in [9.17, 15) is 4.79 Å². The van der Waals surface area contributed by atoms with Crippen molar-refractivity contribution in [2.45, 2.75) is 20.8 Å². The molecule has 0 radical (unpaired) electrons. The van der Waals surface area contributed by atoms with Gasteiger partial charge in [-0.15, -0.1) is 0 Å². The third kappa shape index (κ3) is 3.63. The highest BCUT2D eigenvalue weighted by molar-refractivity contribution is 8.26. The van der Waals surface area contributed by atoms with Crippen molar-refractivity contribution in [3.8, 4) is 11.8 Å². The SMILES string of the molecule is CC(C)(C)C#Cc1cncc2cc(C=C3SC(=S)NC3=O)oc12. The van der Waals surface area contributed by atoms with Crippen molar-refractivity contribution >= 4 is 51.3 Å². The first kappa shape index (κ1) is 15.8.